The summed E-state index contributed by atoms with van der Waals surface area (Å²) in [6.45, 7) is 0. The summed E-state index contributed by atoms with van der Waals surface area (Å²) >= 11 is 0. The summed E-state index contributed by atoms with van der Waals surface area (Å²) < 4.78 is 20.9. The van der Waals surface area contributed by atoms with Crippen LogP contribution in [0.1, 0.15) is 20.9 Å². The molecule has 3 aromatic rings. The number of methoxy groups -OCH3 is 3. The van der Waals surface area contributed by atoms with Crippen LogP contribution in [0.25, 0.3) is 0 Å². The first-order chi connectivity index (χ1) is 14.1. The predicted molar refractivity (Wildman–Crippen MR) is 107 cm³/mol. The van der Waals surface area contributed by atoms with Gasteiger partial charge < -0.3 is 29.3 Å². The van der Waals surface area contributed by atoms with E-state index in [1.807, 2.05) is 0 Å². The Hall–Kier alpha value is -3.94. The van der Waals surface area contributed by atoms with Gasteiger partial charge in [-0.1, -0.05) is 0 Å². The molecule has 0 unspecified atom stereocenters. The van der Waals surface area contributed by atoms with E-state index < -0.39 is 0 Å². The van der Waals surface area contributed by atoms with Gasteiger partial charge in [0.05, 0.1) is 33.2 Å². The second-order valence-corrected chi connectivity index (χ2v) is 5.84. The van der Waals surface area contributed by atoms with Gasteiger partial charge in [-0.15, -0.1) is 0 Å². The van der Waals surface area contributed by atoms with E-state index in [0.717, 1.165) is 0 Å². The Kier molecular flexibility index (Phi) is 6.03. The van der Waals surface area contributed by atoms with Crippen LogP contribution in [-0.2, 0) is 0 Å². The molecule has 0 atom stereocenters. The molecule has 2 N–H and O–H groups in total. The molecule has 29 heavy (non-hydrogen) atoms. The number of benzene rings is 2. The lowest BCUT2D eigenvalue weighted by molar-refractivity contribution is 0.0994. The number of carbonyl (C=O) groups is 2. The van der Waals surface area contributed by atoms with Crippen molar-refractivity contribution in [1.82, 2.24) is 0 Å². The minimum Gasteiger partial charge on any atom is -0.493 e. The quantitative estimate of drug-likeness (QED) is 0.630. The average molecular weight is 396 g/mol. The Bertz CT molecular complexity index is 997. The van der Waals surface area contributed by atoms with Gasteiger partial charge in [0.1, 0.15) is 0 Å². The summed E-state index contributed by atoms with van der Waals surface area (Å²) in [6, 6.07) is 13.1. The van der Waals surface area contributed by atoms with Gasteiger partial charge in [-0.05, 0) is 48.5 Å². The number of hydrogen-bond donors (Lipinski definition) is 2. The zero-order valence-corrected chi connectivity index (χ0v) is 16.1. The average Bonchev–Trinajstić information content (AvgIpc) is 3.28. The third-order valence-corrected chi connectivity index (χ3v) is 4.09. The number of ether oxygens (including phenoxy) is 3. The molecule has 1 heterocycles. The highest BCUT2D eigenvalue weighted by Crippen LogP contribution is 2.39. The number of nitrogens with one attached hydrogen (secondary N) is 2. The molecule has 2 aromatic carbocycles. The summed E-state index contributed by atoms with van der Waals surface area (Å²) in [7, 11) is 4.42. The smallest absolute Gasteiger partial charge is 0.291 e. The second-order valence-electron chi connectivity index (χ2n) is 5.84. The van der Waals surface area contributed by atoms with Crippen molar-refractivity contribution in [2.24, 2.45) is 0 Å². The molecule has 0 aliphatic heterocycles. The highest BCUT2D eigenvalue weighted by molar-refractivity contribution is 6.07. The zero-order chi connectivity index (χ0) is 20.8. The minimum atomic E-state index is -0.379. The molecule has 150 valence electrons. The van der Waals surface area contributed by atoms with Gasteiger partial charge in [0.15, 0.2) is 17.3 Å². The largest absolute Gasteiger partial charge is 0.493 e. The Labute approximate surface area is 167 Å². The first-order valence-corrected chi connectivity index (χ1v) is 8.62. The molecule has 0 fully saturated rings. The van der Waals surface area contributed by atoms with Gasteiger partial charge in [-0.25, -0.2) is 0 Å². The maximum atomic E-state index is 12.7. The highest BCUT2D eigenvalue weighted by Gasteiger charge is 2.20. The number of amides is 2. The molecular formula is C21H20N2O6. The van der Waals surface area contributed by atoms with Gasteiger partial charge in [0, 0.05) is 11.4 Å². The number of rotatable bonds is 7. The van der Waals surface area contributed by atoms with Crippen molar-refractivity contribution >= 4 is 23.2 Å². The van der Waals surface area contributed by atoms with Crippen molar-refractivity contribution in [3.8, 4) is 17.2 Å². The topological polar surface area (TPSA) is 99.0 Å². The van der Waals surface area contributed by atoms with Crippen molar-refractivity contribution in [1.29, 1.82) is 0 Å². The van der Waals surface area contributed by atoms with Crippen LogP contribution < -0.4 is 24.8 Å². The van der Waals surface area contributed by atoms with Crippen molar-refractivity contribution < 1.29 is 28.2 Å². The molecule has 8 heteroatoms. The Balaban J connectivity index is 1.73. The Morgan fingerprint density at radius 2 is 1.38 bits per heavy atom. The van der Waals surface area contributed by atoms with Gasteiger partial charge in [0.25, 0.3) is 11.8 Å². The monoisotopic (exact) mass is 396 g/mol. The summed E-state index contributed by atoms with van der Waals surface area (Å²) in [4.78, 5) is 24.7. The summed E-state index contributed by atoms with van der Waals surface area (Å²) in [5.74, 6) is 0.530. The van der Waals surface area contributed by atoms with Crippen LogP contribution in [-0.4, -0.2) is 33.1 Å². The summed E-state index contributed by atoms with van der Waals surface area (Å²) in [5.41, 5.74) is 1.40. The van der Waals surface area contributed by atoms with E-state index in [1.54, 1.807) is 48.5 Å². The number of carbonyl (C=O) groups excluding carboxylic acids is 2. The summed E-state index contributed by atoms with van der Waals surface area (Å²) in [6.07, 6.45) is 1.43. The van der Waals surface area contributed by atoms with E-state index >= 15 is 0 Å². The Morgan fingerprint density at radius 3 is 1.90 bits per heavy atom. The van der Waals surface area contributed by atoms with Crippen molar-refractivity contribution in [2.75, 3.05) is 32.0 Å². The molecule has 0 aliphatic carbocycles. The van der Waals surface area contributed by atoms with Crippen LogP contribution in [0.2, 0.25) is 0 Å². The fraction of sp³-hybridized carbons (Fsp3) is 0.143. The molecule has 1 aromatic heterocycles. The van der Waals surface area contributed by atoms with Crippen LogP contribution in [0.15, 0.2) is 59.2 Å². The molecule has 0 saturated heterocycles. The molecule has 3 rings (SSSR count). The fourth-order valence-electron chi connectivity index (χ4n) is 2.72. The first-order valence-electron chi connectivity index (χ1n) is 8.62. The standard InChI is InChI=1S/C21H20N2O6/c1-26-16-11-10-15(18(27-2)19(16)28-3)20(24)22-13-6-8-14(9-7-13)23-21(25)17-5-4-12-29-17/h4-12H,1-3H3,(H,22,24)(H,23,25). The maximum absolute atomic E-state index is 12.7. The third-order valence-electron chi connectivity index (χ3n) is 4.09. The van der Waals surface area contributed by atoms with Crippen LogP contribution in [0.5, 0.6) is 17.2 Å². The zero-order valence-electron chi connectivity index (χ0n) is 16.1. The van der Waals surface area contributed by atoms with Gasteiger partial charge >= 0.3 is 0 Å². The fourth-order valence-corrected chi connectivity index (χ4v) is 2.72. The lowest BCUT2D eigenvalue weighted by atomic mass is 10.1. The van der Waals surface area contributed by atoms with Crippen molar-refractivity contribution in [3.05, 3.63) is 66.1 Å². The Morgan fingerprint density at radius 1 is 0.759 bits per heavy atom. The first kappa shape index (κ1) is 19.8. The van der Waals surface area contributed by atoms with Crippen LogP contribution in [0.3, 0.4) is 0 Å². The lowest BCUT2D eigenvalue weighted by Crippen LogP contribution is -2.14. The third kappa shape index (κ3) is 4.32. The van der Waals surface area contributed by atoms with E-state index in [9.17, 15) is 9.59 Å². The van der Waals surface area contributed by atoms with Gasteiger partial charge in [0.2, 0.25) is 5.75 Å². The van der Waals surface area contributed by atoms with E-state index in [0.29, 0.717) is 28.4 Å². The lowest BCUT2D eigenvalue weighted by Gasteiger charge is -2.15. The van der Waals surface area contributed by atoms with Gasteiger partial charge in [-0.3, -0.25) is 9.59 Å². The van der Waals surface area contributed by atoms with E-state index in [4.69, 9.17) is 18.6 Å². The predicted octanol–water partition coefficient (Wildman–Crippen LogP) is 3.81. The number of furan rings is 1. The second kappa shape index (κ2) is 8.83. The molecular weight excluding hydrogens is 376 g/mol. The normalized spacial score (nSPS) is 10.2. The molecule has 0 aliphatic rings. The molecule has 0 saturated carbocycles. The number of hydrogen-bond acceptors (Lipinski definition) is 6. The molecule has 0 bridgehead atoms. The van der Waals surface area contributed by atoms with Crippen LogP contribution in [0, 0.1) is 0 Å². The minimum absolute atomic E-state index is 0.211. The molecule has 8 nitrogen and oxygen atoms in total. The van der Waals surface area contributed by atoms with Crippen LogP contribution >= 0.6 is 0 Å². The van der Waals surface area contributed by atoms with Crippen LogP contribution in [0.4, 0.5) is 11.4 Å². The van der Waals surface area contributed by atoms with Crippen molar-refractivity contribution in [2.45, 2.75) is 0 Å². The summed E-state index contributed by atoms with van der Waals surface area (Å²) in [5, 5.41) is 5.49. The van der Waals surface area contributed by atoms with Gasteiger partial charge in [-0.2, -0.15) is 0 Å². The number of anilines is 2. The maximum Gasteiger partial charge on any atom is 0.291 e. The SMILES string of the molecule is COc1ccc(C(=O)Nc2ccc(NC(=O)c3ccco3)cc2)c(OC)c1OC. The van der Waals surface area contributed by atoms with E-state index in [2.05, 4.69) is 10.6 Å². The highest BCUT2D eigenvalue weighted by atomic mass is 16.5. The molecule has 2 amide bonds. The van der Waals surface area contributed by atoms with E-state index in [1.165, 1.54) is 27.6 Å². The molecule has 0 spiro atoms. The van der Waals surface area contributed by atoms with Crippen molar-refractivity contribution in [3.63, 3.8) is 0 Å². The molecule has 0 radical (unpaired) electrons. The van der Waals surface area contributed by atoms with E-state index in [-0.39, 0.29) is 23.3 Å².